The molecule has 0 radical (unpaired) electrons. The largest absolute Gasteiger partial charge is 0.485 e. The molecule has 136 valence electrons. The van der Waals surface area contributed by atoms with E-state index in [1.807, 2.05) is 11.3 Å². The number of benzene rings is 1. The summed E-state index contributed by atoms with van der Waals surface area (Å²) in [4.78, 5) is 8.32. The maximum atomic E-state index is 12.9. The summed E-state index contributed by atoms with van der Waals surface area (Å²) in [5.41, 5.74) is 1.43. The zero-order valence-corrected chi connectivity index (χ0v) is 15.3. The van der Waals surface area contributed by atoms with E-state index < -0.39 is 0 Å². The minimum Gasteiger partial charge on any atom is -0.485 e. The summed E-state index contributed by atoms with van der Waals surface area (Å²) >= 11 is 1.84. The fraction of sp³-hybridized carbons (Fsp3) is 0.368. The molecule has 1 aromatic carbocycles. The number of aromatic nitrogens is 2. The van der Waals surface area contributed by atoms with E-state index in [1.165, 1.54) is 22.6 Å². The van der Waals surface area contributed by atoms with Crippen molar-refractivity contribution in [3.8, 4) is 5.75 Å². The molecule has 4 rings (SSSR count). The molecule has 0 fully saturated rings. The lowest BCUT2D eigenvalue weighted by Gasteiger charge is -2.34. The standard InChI is InChI=1S/C19H20FN3O2S/c1-2-16-15-8-10-26-17(15)7-9-23(16)11-19-21-18(22-25-19)12-24-14-5-3-13(20)4-6-14/h3-6,8,10,16H,2,7,9,11-12H2,1H3/t16-/m1/s1. The minimum absolute atomic E-state index is 0.195. The summed E-state index contributed by atoms with van der Waals surface area (Å²) in [7, 11) is 0. The van der Waals surface area contributed by atoms with Crippen molar-refractivity contribution in [3.05, 3.63) is 63.7 Å². The molecule has 3 heterocycles. The molecule has 2 aromatic heterocycles. The molecular formula is C19H20FN3O2S. The van der Waals surface area contributed by atoms with Crippen molar-refractivity contribution in [2.24, 2.45) is 0 Å². The zero-order valence-electron chi connectivity index (χ0n) is 14.5. The van der Waals surface area contributed by atoms with E-state index in [0.717, 1.165) is 19.4 Å². The van der Waals surface area contributed by atoms with Crippen LogP contribution in [0.2, 0.25) is 0 Å². The van der Waals surface area contributed by atoms with E-state index in [4.69, 9.17) is 9.26 Å². The van der Waals surface area contributed by atoms with Crippen molar-refractivity contribution in [1.82, 2.24) is 15.0 Å². The van der Waals surface area contributed by atoms with Gasteiger partial charge in [0, 0.05) is 17.5 Å². The SMILES string of the molecule is CC[C@@H]1c2ccsc2CCN1Cc1nc(COc2ccc(F)cc2)no1. The van der Waals surface area contributed by atoms with E-state index in [-0.39, 0.29) is 12.4 Å². The number of rotatable bonds is 6. The molecule has 1 atom stereocenters. The molecule has 7 heteroatoms. The normalized spacial score (nSPS) is 17.2. The first-order chi connectivity index (χ1) is 12.7. The van der Waals surface area contributed by atoms with Gasteiger partial charge in [0.1, 0.15) is 11.6 Å². The van der Waals surface area contributed by atoms with Crippen molar-refractivity contribution < 1.29 is 13.7 Å². The van der Waals surface area contributed by atoms with Gasteiger partial charge in [-0.05, 0) is 54.1 Å². The number of hydrogen-bond donors (Lipinski definition) is 0. The number of fused-ring (bicyclic) bond motifs is 1. The van der Waals surface area contributed by atoms with Gasteiger partial charge in [-0.1, -0.05) is 12.1 Å². The third-order valence-electron chi connectivity index (χ3n) is 4.62. The van der Waals surface area contributed by atoms with Gasteiger partial charge in [-0.2, -0.15) is 4.98 Å². The van der Waals surface area contributed by atoms with E-state index in [9.17, 15) is 4.39 Å². The molecule has 0 bridgehead atoms. The molecule has 3 aromatic rings. The Morgan fingerprint density at radius 2 is 2.15 bits per heavy atom. The van der Waals surface area contributed by atoms with Gasteiger partial charge < -0.3 is 9.26 Å². The Hall–Kier alpha value is -2.25. The van der Waals surface area contributed by atoms with E-state index >= 15 is 0 Å². The molecule has 1 aliphatic heterocycles. The third-order valence-corrected chi connectivity index (χ3v) is 5.62. The van der Waals surface area contributed by atoms with Gasteiger partial charge in [0.15, 0.2) is 6.61 Å². The van der Waals surface area contributed by atoms with Crippen molar-refractivity contribution in [2.75, 3.05) is 6.54 Å². The highest BCUT2D eigenvalue weighted by Gasteiger charge is 2.28. The first-order valence-electron chi connectivity index (χ1n) is 8.73. The molecule has 0 amide bonds. The van der Waals surface area contributed by atoms with Crippen LogP contribution >= 0.6 is 11.3 Å². The predicted molar refractivity (Wildman–Crippen MR) is 96.5 cm³/mol. The maximum absolute atomic E-state index is 12.9. The van der Waals surface area contributed by atoms with Gasteiger partial charge in [0.25, 0.3) is 0 Å². The average Bonchev–Trinajstić information content (AvgIpc) is 3.30. The van der Waals surface area contributed by atoms with Crippen molar-refractivity contribution in [2.45, 2.75) is 39.0 Å². The molecule has 26 heavy (non-hydrogen) atoms. The molecule has 0 aliphatic carbocycles. The highest BCUT2D eigenvalue weighted by Crippen LogP contribution is 2.35. The summed E-state index contributed by atoms with van der Waals surface area (Å²) in [5.74, 6) is 1.37. The minimum atomic E-state index is -0.292. The molecule has 0 saturated heterocycles. The Morgan fingerprint density at radius 1 is 1.31 bits per heavy atom. The Morgan fingerprint density at radius 3 is 2.96 bits per heavy atom. The second kappa shape index (κ2) is 7.55. The van der Waals surface area contributed by atoms with Gasteiger partial charge in [0.05, 0.1) is 6.54 Å². The van der Waals surface area contributed by atoms with Crippen LogP contribution in [0.1, 0.15) is 41.5 Å². The number of halogens is 1. The molecule has 0 N–H and O–H groups in total. The van der Waals surface area contributed by atoms with Crippen LogP contribution < -0.4 is 4.74 Å². The lowest BCUT2D eigenvalue weighted by atomic mass is 9.98. The Kier molecular flexibility index (Phi) is 4.99. The van der Waals surface area contributed by atoms with Gasteiger partial charge in [-0.25, -0.2) is 4.39 Å². The Labute approximate surface area is 155 Å². The lowest BCUT2D eigenvalue weighted by molar-refractivity contribution is 0.151. The highest BCUT2D eigenvalue weighted by molar-refractivity contribution is 7.10. The quantitative estimate of drug-likeness (QED) is 0.643. The van der Waals surface area contributed by atoms with Gasteiger partial charge in [-0.15, -0.1) is 11.3 Å². The zero-order chi connectivity index (χ0) is 17.9. The number of thiophene rings is 1. The van der Waals surface area contributed by atoms with Crippen LogP contribution in [0.15, 0.2) is 40.2 Å². The predicted octanol–water partition coefficient (Wildman–Crippen LogP) is 4.36. The second-order valence-corrected chi connectivity index (χ2v) is 7.29. The number of nitrogens with zero attached hydrogens (tertiary/aromatic N) is 3. The molecule has 0 saturated carbocycles. The molecule has 0 unspecified atom stereocenters. The van der Waals surface area contributed by atoms with Crippen molar-refractivity contribution in [1.29, 1.82) is 0 Å². The highest BCUT2D eigenvalue weighted by atomic mass is 32.1. The van der Waals surface area contributed by atoms with Crippen LogP contribution in [-0.4, -0.2) is 21.6 Å². The van der Waals surface area contributed by atoms with Gasteiger partial charge >= 0.3 is 0 Å². The van der Waals surface area contributed by atoms with Crippen LogP contribution in [0.25, 0.3) is 0 Å². The second-order valence-electron chi connectivity index (χ2n) is 6.29. The van der Waals surface area contributed by atoms with Crippen LogP contribution in [-0.2, 0) is 19.6 Å². The monoisotopic (exact) mass is 373 g/mol. The number of ether oxygens (including phenoxy) is 1. The fourth-order valence-electron chi connectivity index (χ4n) is 3.38. The summed E-state index contributed by atoms with van der Waals surface area (Å²) < 4.78 is 23.9. The molecule has 0 spiro atoms. The Bertz CT molecular complexity index is 862. The Balaban J connectivity index is 1.38. The first kappa shape index (κ1) is 17.2. The molecular weight excluding hydrogens is 353 g/mol. The van der Waals surface area contributed by atoms with Crippen LogP contribution in [0.5, 0.6) is 5.75 Å². The summed E-state index contributed by atoms with van der Waals surface area (Å²) in [6, 6.07) is 8.50. The lowest BCUT2D eigenvalue weighted by Crippen LogP contribution is -2.34. The topological polar surface area (TPSA) is 51.4 Å². The smallest absolute Gasteiger partial charge is 0.240 e. The molecule has 5 nitrogen and oxygen atoms in total. The summed E-state index contributed by atoms with van der Waals surface area (Å²) in [5, 5.41) is 6.16. The number of hydrogen-bond acceptors (Lipinski definition) is 6. The van der Waals surface area contributed by atoms with Gasteiger partial charge in [0.2, 0.25) is 11.7 Å². The summed E-state index contributed by atoms with van der Waals surface area (Å²) in [6.07, 6.45) is 2.12. The van der Waals surface area contributed by atoms with Gasteiger partial charge in [-0.3, -0.25) is 4.90 Å². The van der Waals surface area contributed by atoms with E-state index in [2.05, 4.69) is 33.4 Å². The third kappa shape index (κ3) is 3.64. The van der Waals surface area contributed by atoms with E-state index in [0.29, 0.717) is 30.1 Å². The van der Waals surface area contributed by atoms with Crippen LogP contribution in [0.3, 0.4) is 0 Å². The first-order valence-corrected chi connectivity index (χ1v) is 9.61. The maximum Gasteiger partial charge on any atom is 0.240 e. The van der Waals surface area contributed by atoms with Crippen LogP contribution in [0, 0.1) is 5.82 Å². The van der Waals surface area contributed by atoms with Crippen molar-refractivity contribution >= 4 is 11.3 Å². The van der Waals surface area contributed by atoms with E-state index in [1.54, 1.807) is 12.1 Å². The van der Waals surface area contributed by atoms with Crippen molar-refractivity contribution in [3.63, 3.8) is 0 Å². The van der Waals surface area contributed by atoms with Crippen LogP contribution in [0.4, 0.5) is 4.39 Å². The summed E-state index contributed by atoms with van der Waals surface area (Å²) in [6.45, 7) is 4.04. The fourth-order valence-corrected chi connectivity index (χ4v) is 4.31. The average molecular weight is 373 g/mol. The molecule has 1 aliphatic rings.